The molecule has 0 spiro atoms. The summed E-state index contributed by atoms with van der Waals surface area (Å²) in [4.78, 5) is 0. The predicted octanol–water partition coefficient (Wildman–Crippen LogP) is 7.80. The Hall–Kier alpha value is -0.560. The van der Waals surface area contributed by atoms with Gasteiger partial charge in [0.15, 0.2) is 0 Å². The minimum absolute atomic E-state index is 0.0870. The monoisotopic (exact) mass is 412 g/mol. The SMILES string of the molecule is CC[C@@H](/C=C/[C@H](C)[C@@H]1CC[C@H]2[C@H]3CC=C4C[C@@H](O)CC[C@]4(C)[C@@H]3CC[C@@]21C)C(C)C. The number of aliphatic hydroxyl groups excluding tert-OH is 1. The largest absolute Gasteiger partial charge is 0.393 e. The molecule has 0 saturated heterocycles. The molecule has 3 saturated carbocycles. The van der Waals surface area contributed by atoms with E-state index in [0.717, 1.165) is 48.3 Å². The first-order valence-corrected chi connectivity index (χ1v) is 13.3. The van der Waals surface area contributed by atoms with Gasteiger partial charge in [-0.05, 0) is 110 Å². The lowest BCUT2D eigenvalue weighted by Gasteiger charge is -2.58. The Bertz CT molecular complexity index is 674. The van der Waals surface area contributed by atoms with Gasteiger partial charge in [-0.15, -0.1) is 0 Å². The first-order valence-electron chi connectivity index (χ1n) is 13.3. The molecule has 0 aliphatic heterocycles. The number of aliphatic hydroxyl groups is 1. The van der Waals surface area contributed by atoms with Gasteiger partial charge in [0.2, 0.25) is 0 Å². The number of hydrogen-bond acceptors (Lipinski definition) is 1. The third kappa shape index (κ3) is 3.66. The molecule has 0 aromatic carbocycles. The molecule has 4 aliphatic carbocycles. The van der Waals surface area contributed by atoms with Gasteiger partial charge >= 0.3 is 0 Å². The van der Waals surface area contributed by atoms with Crippen LogP contribution in [0, 0.1) is 52.3 Å². The number of fused-ring (bicyclic) bond motifs is 5. The summed E-state index contributed by atoms with van der Waals surface area (Å²) in [5.74, 6) is 5.70. The maximum absolute atomic E-state index is 10.2. The Morgan fingerprint density at radius 2 is 1.80 bits per heavy atom. The smallest absolute Gasteiger partial charge is 0.0577 e. The van der Waals surface area contributed by atoms with Gasteiger partial charge in [0.05, 0.1) is 6.10 Å². The Morgan fingerprint density at radius 1 is 1.03 bits per heavy atom. The van der Waals surface area contributed by atoms with Crippen molar-refractivity contribution in [3.05, 3.63) is 23.8 Å². The molecule has 1 heteroatoms. The van der Waals surface area contributed by atoms with Crippen LogP contribution in [0.15, 0.2) is 23.8 Å². The van der Waals surface area contributed by atoms with Crippen molar-refractivity contribution in [2.75, 3.05) is 0 Å². The van der Waals surface area contributed by atoms with E-state index in [1.54, 1.807) is 5.57 Å². The van der Waals surface area contributed by atoms with Crippen LogP contribution in [-0.4, -0.2) is 11.2 Å². The van der Waals surface area contributed by atoms with Gasteiger partial charge in [-0.3, -0.25) is 0 Å². The van der Waals surface area contributed by atoms with Crippen molar-refractivity contribution in [1.82, 2.24) is 0 Å². The van der Waals surface area contributed by atoms with Crippen LogP contribution in [0.3, 0.4) is 0 Å². The van der Waals surface area contributed by atoms with Gasteiger partial charge < -0.3 is 5.11 Å². The molecule has 0 aromatic rings. The van der Waals surface area contributed by atoms with E-state index >= 15 is 0 Å². The Balaban J connectivity index is 1.52. The van der Waals surface area contributed by atoms with Crippen molar-refractivity contribution in [3.8, 4) is 0 Å². The van der Waals surface area contributed by atoms with E-state index < -0.39 is 0 Å². The summed E-state index contributed by atoms with van der Waals surface area (Å²) in [6.45, 7) is 14.8. The normalized spacial score (nSPS) is 45.6. The van der Waals surface area contributed by atoms with E-state index in [-0.39, 0.29) is 6.10 Å². The molecule has 170 valence electrons. The van der Waals surface area contributed by atoms with Gasteiger partial charge in [-0.25, -0.2) is 0 Å². The highest BCUT2D eigenvalue weighted by Crippen LogP contribution is 2.67. The molecule has 0 amide bonds. The van der Waals surface area contributed by atoms with E-state index in [1.165, 1.54) is 44.9 Å². The van der Waals surface area contributed by atoms with Crippen molar-refractivity contribution < 1.29 is 5.11 Å². The van der Waals surface area contributed by atoms with Crippen molar-refractivity contribution in [3.63, 3.8) is 0 Å². The molecule has 0 aromatic heterocycles. The van der Waals surface area contributed by atoms with Crippen LogP contribution in [0.5, 0.6) is 0 Å². The second-order valence-electron chi connectivity index (χ2n) is 12.4. The molecule has 4 rings (SSSR count). The molecule has 30 heavy (non-hydrogen) atoms. The third-order valence-electron chi connectivity index (χ3n) is 10.8. The zero-order valence-corrected chi connectivity index (χ0v) is 20.7. The second kappa shape index (κ2) is 8.42. The summed E-state index contributed by atoms with van der Waals surface area (Å²) in [5, 5.41) is 10.2. The highest BCUT2D eigenvalue weighted by molar-refractivity contribution is 5.25. The Morgan fingerprint density at radius 3 is 2.50 bits per heavy atom. The number of allylic oxidation sites excluding steroid dienone is 3. The van der Waals surface area contributed by atoms with Gasteiger partial charge in [0.1, 0.15) is 0 Å². The lowest BCUT2D eigenvalue weighted by atomic mass is 9.47. The van der Waals surface area contributed by atoms with E-state index in [4.69, 9.17) is 0 Å². The zero-order valence-electron chi connectivity index (χ0n) is 20.7. The molecule has 9 atom stereocenters. The van der Waals surface area contributed by atoms with E-state index in [9.17, 15) is 5.11 Å². The predicted molar refractivity (Wildman–Crippen MR) is 128 cm³/mol. The molecule has 0 bridgehead atoms. The maximum Gasteiger partial charge on any atom is 0.0577 e. The van der Waals surface area contributed by atoms with Gasteiger partial charge in [0, 0.05) is 0 Å². The van der Waals surface area contributed by atoms with E-state index in [0.29, 0.717) is 16.7 Å². The van der Waals surface area contributed by atoms with Crippen LogP contribution in [0.2, 0.25) is 0 Å². The molecule has 3 fully saturated rings. The fraction of sp³-hybridized carbons (Fsp3) is 0.862. The summed E-state index contributed by atoms with van der Waals surface area (Å²) in [7, 11) is 0. The van der Waals surface area contributed by atoms with Crippen LogP contribution in [-0.2, 0) is 0 Å². The van der Waals surface area contributed by atoms with Crippen LogP contribution < -0.4 is 0 Å². The summed E-state index contributed by atoms with van der Waals surface area (Å²) in [6.07, 6.45) is 19.1. The fourth-order valence-corrected chi connectivity index (χ4v) is 8.83. The Labute approximate surface area is 186 Å². The summed E-state index contributed by atoms with van der Waals surface area (Å²) in [6, 6.07) is 0. The lowest BCUT2D eigenvalue weighted by Crippen LogP contribution is -2.50. The summed E-state index contributed by atoms with van der Waals surface area (Å²) >= 11 is 0. The van der Waals surface area contributed by atoms with Crippen LogP contribution in [0.4, 0.5) is 0 Å². The molecule has 1 N–H and O–H groups in total. The minimum Gasteiger partial charge on any atom is -0.393 e. The zero-order chi connectivity index (χ0) is 21.7. The molecular formula is C29H48O. The molecule has 0 radical (unpaired) electrons. The van der Waals surface area contributed by atoms with E-state index in [1.807, 2.05) is 0 Å². The topological polar surface area (TPSA) is 20.2 Å². The first-order chi connectivity index (χ1) is 14.2. The number of rotatable bonds is 5. The van der Waals surface area contributed by atoms with Crippen molar-refractivity contribution in [2.24, 2.45) is 52.3 Å². The standard InChI is InChI=1S/C29H48O/c1-7-21(19(2)3)9-8-20(4)25-12-13-26-24-11-10-22-18-23(30)14-16-28(22,5)27(24)15-17-29(25,26)6/h8-10,19-21,23-27,30H,7,11-18H2,1-6H3/b9-8+/t20-,21-,23-,24+,25-,26-,27+,28-,29+/m0/s1. The van der Waals surface area contributed by atoms with Crippen molar-refractivity contribution >= 4 is 0 Å². The first kappa shape index (κ1) is 22.6. The molecule has 0 heterocycles. The highest BCUT2D eigenvalue weighted by atomic mass is 16.3. The summed E-state index contributed by atoms with van der Waals surface area (Å²) in [5.41, 5.74) is 2.51. The van der Waals surface area contributed by atoms with Crippen molar-refractivity contribution in [1.29, 1.82) is 0 Å². The van der Waals surface area contributed by atoms with Crippen molar-refractivity contribution in [2.45, 2.75) is 105 Å². The van der Waals surface area contributed by atoms with Gasteiger partial charge in [-0.2, -0.15) is 0 Å². The minimum atomic E-state index is -0.0870. The Kier molecular flexibility index (Phi) is 6.35. The fourth-order valence-electron chi connectivity index (χ4n) is 8.83. The quantitative estimate of drug-likeness (QED) is 0.457. The highest BCUT2D eigenvalue weighted by Gasteiger charge is 2.58. The van der Waals surface area contributed by atoms with E-state index in [2.05, 4.69) is 59.8 Å². The average molecular weight is 413 g/mol. The van der Waals surface area contributed by atoms with Crippen LogP contribution in [0.1, 0.15) is 99.3 Å². The van der Waals surface area contributed by atoms with Crippen LogP contribution in [0.25, 0.3) is 0 Å². The molecule has 0 unspecified atom stereocenters. The number of hydrogen-bond donors (Lipinski definition) is 1. The van der Waals surface area contributed by atoms with Crippen LogP contribution >= 0.6 is 0 Å². The van der Waals surface area contributed by atoms with Gasteiger partial charge in [0.25, 0.3) is 0 Å². The molecular weight excluding hydrogens is 364 g/mol. The molecule has 4 aliphatic rings. The lowest BCUT2D eigenvalue weighted by molar-refractivity contribution is -0.0540. The second-order valence-corrected chi connectivity index (χ2v) is 12.4. The average Bonchev–Trinajstić information content (AvgIpc) is 3.06. The van der Waals surface area contributed by atoms with Gasteiger partial charge in [-0.1, -0.05) is 65.3 Å². The third-order valence-corrected chi connectivity index (χ3v) is 10.8. The molecule has 1 nitrogen and oxygen atoms in total. The maximum atomic E-state index is 10.2. The summed E-state index contributed by atoms with van der Waals surface area (Å²) < 4.78 is 0.